The summed E-state index contributed by atoms with van der Waals surface area (Å²) in [4.78, 5) is 0. The summed E-state index contributed by atoms with van der Waals surface area (Å²) in [5.74, 6) is 0. The summed E-state index contributed by atoms with van der Waals surface area (Å²) in [6.45, 7) is 4.00. The van der Waals surface area contributed by atoms with Gasteiger partial charge in [-0.2, -0.15) is 0 Å². The maximum absolute atomic E-state index is 2.61. The molecule has 0 saturated carbocycles. The molecule has 0 heterocycles. The van der Waals surface area contributed by atoms with Crippen molar-refractivity contribution in [2.45, 2.75) is 13.8 Å². The van der Waals surface area contributed by atoms with Gasteiger partial charge in [0.1, 0.15) is 0 Å². The van der Waals surface area contributed by atoms with Gasteiger partial charge in [-0.1, -0.05) is 32.0 Å². The molecule has 2 heteroatoms. The Bertz CT molecular complexity index is 172. The molecule has 0 aliphatic rings. The Morgan fingerprint density at radius 3 is 1.82 bits per heavy atom. The van der Waals surface area contributed by atoms with Crippen LogP contribution in [-0.4, -0.2) is 7.05 Å². The number of anilines is 1. The summed E-state index contributed by atoms with van der Waals surface area (Å²) in [6, 6.07) is 10.2. The van der Waals surface area contributed by atoms with Gasteiger partial charge in [0.25, 0.3) is 0 Å². The van der Waals surface area contributed by atoms with E-state index in [4.69, 9.17) is 0 Å². The maximum atomic E-state index is 2.61. The third-order valence-corrected chi connectivity index (χ3v) is 1.46. The standard InChI is InChI=1S/C7H10NP.C2H6/c1-8(9)7-5-3-2-4-6-7;1-2/h2-6H,9H2,1H3;1-2H3. The van der Waals surface area contributed by atoms with Gasteiger partial charge in [-0.25, -0.2) is 0 Å². The highest BCUT2D eigenvalue weighted by molar-refractivity contribution is 7.19. The lowest BCUT2D eigenvalue weighted by atomic mass is 10.3. The van der Waals surface area contributed by atoms with Crippen molar-refractivity contribution in [1.82, 2.24) is 0 Å². The third kappa shape index (κ3) is 4.00. The molecule has 0 radical (unpaired) electrons. The monoisotopic (exact) mass is 169 g/mol. The molecule has 1 aromatic carbocycles. The number of nitrogens with zero attached hydrogens (tertiary/aromatic N) is 1. The van der Waals surface area contributed by atoms with E-state index in [0.29, 0.717) is 0 Å². The fourth-order valence-corrected chi connectivity index (χ4v) is 0.835. The molecule has 1 atom stereocenters. The highest BCUT2D eigenvalue weighted by Gasteiger charge is 1.87. The van der Waals surface area contributed by atoms with Crippen LogP contribution < -0.4 is 4.67 Å². The average Bonchev–Trinajstić information content (AvgIpc) is 2.10. The Morgan fingerprint density at radius 1 is 1.09 bits per heavy atom. The first-order chi connectivity index (χ1) is 5.30. The van der Waals surface area contributed by atoms with Crippen LogP contribution >= 0.6 is 9.39 Å². The topological polar surface area (TPSA) is 3.24 Å². The van der Waals surface area contributed by atoms with Crippen LogP contribution in [0, 0.1) is 0 Å². The predicted octanol–water partition coefficient (Wildman–Crippen LogP) is 2.94. The molecule has 0 amide bonds. The van der Waals surface area contributed by atoms with E-state index in [9.17, 15) is 0 Å². The minimum Gasteiger partial charge on any atom is -0.359 e. The molecular formula is C9H16NP. The highest BCUT2D eigenvalue weighted by Crippen LogP contribution is 2.13. The molecule has 0 N–H and O–H groups in total. The molecule has 0 bridgehead atoms. The number of para-hydroxylation sites is 1. The highest BCUT2D eigenvalue weighted by atomic mass is 31.0. The predicted molar refractivity (Wildman–Crippen MR) is 55.9 cm³/mol. The van der Waals surface area contributed by atoms with Crippen molar-refractivity contribution in [3.63, 3.8) is 0 Å². The molecule has 1 aromatic rings. The summed E-state index contributed by atoms with van der Waals surface area (Å²) in [5, 5.41) is 0. The lowest BCUT2D eigenvalue weighted by Gasteiger charge is -2.10. The summed E-state index contributed by atoms with van der Waals surface area (Å²) in [7, 11) is 4.61. The van der Waals surface area contributed by atoms with Gasteiger partial charge in [-0.15, -0.1) is 0 Å². The molecule has 0 aliphatic heterocycles. The molecule has 1 nitrogen and oxygen atoms in total. The Labute approximate surface area is 71.7 Å². The van der Waals surface area contributed by atoms with Crippen molar-refractivity contribution >= 4 is 15.1 Å². The molecule has 1 rings (SSSR count). The van der Waals surface area contributed by atoms with Gasteiger partial charge >= 0.3 is 0 Å². The molecule has 0 aliphatic carbocycles. The largest absolute Gasteiger partial charge is 0.359 e. The fourth-order valence-electron chi connectivity index (χ4n) is 0.663. The Kier molecular flexibility index (Phi) is 5.87. The first kappa shape index (κ1) is 10.4. The van der Waals surface area contributed by atoms with Crippen LogP contribution in [0.1, 0.15) is 13.8 Å². The van der Waals surface area contributed by atoms with E-state index in [-0.39, 0.29) is 0 Å². The second-order valence-electron chi connectivity index (χ2n) is 1.95. The first-order valence-electron chi connectivity index (χ1n) is 3.84. The normalized spacial score (nSPS) is 8.00. The van der Waals surface area contributed by atoms with Crippen LogP contribution in [-0.2, 0) is 0 Å². The Balaban J connectivity index is 0.000000461. The van der Waals surface area contributed by atoms with Crippen LogP contribution in [0.25, 0.3) is 0 Å². The molecule has 11 heavy (non-hydrogen) atoms. The van der Waals surface area contributed by atoms with Gasteiger partial charge in [-0.3, -0.25) is 0 Å². The molecule has 62 valence electrons. The van der Waals surface area contributed by atoms with Crippen molar-refractivity contribution in [3.05, 3.63) is 30.3 Å². The smallest absolute Gasteiger partial charge is 0.0392 e. The lowest BCUT2D eigenvalue weighted by molar-refractivity contribution is 1.36. The lowest BCUT2D eigenvalue weighted by Crippen LogP contribution is -1.97. The zero-order valence-corrected chi connectivity index (χ0v) is 8.57. The first-order valence-corrected chi connectivity index (χ1v) is 4.36. The summed E-state index contributed by atoms with van der Waals surface area (Å²) < 4.78 is 2.00. The van der Waals surface area contributed by atoms with Crippen molar-refractivity contribution < 1.29 is 0 Å². The number of hydrogen-bond acceptors (Lipinski definition) is 1. The van der Waals surface area contributed by atoms with Crippen LogP contribution in [0.3, 0.4) is 0 Å². The fraction of sp³-hybridized carbons (Fsp3) is 0.333. The second-order valence-corrected chi connectivity index (χ2v) is 2.72. The van der Waals surface area contributed by atoms with Crippen molar-refractivity contribution in [3.8, 4) is 0 Å². The van der Waals surface area contributed by atoms with Crippen LogP contribution in [0.4, 0.5) is 5.69 Å². The molecule has 0 aromatic heterocycles. The van der Waals surface area contributed by atoms with E-state index in [1.54, 1.807) is 0 Å². The van der Waals surface area contributed by atoms with Crippen molar-refractivity contribution in [2.75, 3.05) is 11.7 Å². The van der Waals surface area contributed by atoms with Crippen LogP contribution in [0.15, 0.2) is 30.3 Å². The minimum atomic E-state index is 1.21. The zero-order chi connectivity index (χ0) is 8.69. The van der Waals surface area contributed by atoms with E-state index in [0.717, 1.165) is 0 Å². The van der Waals surface area contributed by atoms with E-state index in [2.05, 4.69) is 21.5 Å². The van der Waals surface area contributed by atoms with Gasteiger partial charge in [0.2, 0.25) is 0 Å². The van der Waals surface area contributed by atoms with E-state index < -0.39 is 0 Å². The van der Waals surface area contributed by atoms with Gasteiger partial charge in [0.15, 0.2) is 0 Å². The number of hydrogen-bond donors (Lipinski definition) is 0. The van der Waals surface area contributed by atoms with E-state index in [1.165, 1.54) is 5.69 Å². The molecule has 0 fully saturated rings. The molecule has 0 saturated heterocycles. The Morgan fingerprint density at radius 2 is 1.55 bits per heavy atom. The number of rotatable bonds is 1. The van der Waals surface area contributed by atoms with Gasteiger partial charge < -0.3 is 4.67 Å². The summed E-state index contributed by atoms with van der Waals surface area (Å²) in [5.41, 5.74) is 1.21. The van der Waals surface area contributed by atoms with Gasteiger partial charge in [-0.05, 0) is 21.5 Å². The third-order valence-electron chi connectivity index (χ3n) is 1.16. The van der Waals surface area contributed by atoms with Gasteiger partial charge in [0.05, 0.1) is 0 Å². The van der Waals surface area contributed by atoms with E-state index >= 15 is 0 Å². The van der Waals surface area contributed by atoms with Crippen LogP contribution in [0.2, 0.25) is 0 Å². The molecule has 0 spiro atoms. The zero-order valence-electron chi connectivity index (χ0n) is 7.41. The maximum Gasteiger partial charge on any atom is 0.0392 e. The summed E-state index contributed by atoms with van der Waals surface area (Å²) >= 11 is 0. The molecule has 1 unspecified atom stereocenters. The van der Waals surface area contributed by atoms with Crippen LogP contribution in [0.5, 0.6) is 0 Å². The molecular weight excluding hydrogens is 153 g/mol. The average molecular weight is 169 g/mol. The van der Waals surface area contributed by atoms with Crippen molar-refractivity contribution in [1.29, 1.82) is 0 Å². The van der Waals surface area contributed by atoms with Crippen molar-refractivity contribution in [2.24, 2.45) is 0 Å². The summed E-state index contributed by atoms with van der Waals surface area (Å²) in [6.07, 6.45) is 0. The quantitative estimate of drug-likeness (QED) is 0.584. The van der Waals surface area contributed by atoms with Gasteiger partial charge in [0, 0.05) is 12.7 Å². The Hall–Kier alpha value is -0.550. The number of benzene rings is 1. The SMILES string of the molecule is CC.CN(P)c1ccccc1. The second kappa shape index (κ2) is 6.18. The van der Waals surface area contributed by atoms with E-state index in [1.807, 2.05) is 43.8 Å². The minimum absolute atomic E-state index is 1.21.